The van der Waals surface area contributed by atoms with Crippen molar-refractivity contribution in [2.24, 2.45) is 5.41 Å². The summed E-state index contributed by atoms with van der Waals surface area (Å²) in [6.07, 6.45) is 5.57. The molecule has 46 heavy (non-hydrogen) atoms. The molecule has 2 N–H and O–H groups in total. The molecule has 2 bridgehead atoms. The van der Waals surface area contributed by atoms with E-state index in [1.54, 1.807) is 23.6 Å². The summed E-state index contributed by atoms with van der Waals surface area (Å²) in [6.45, 7) is 6.09. The topological polar surface area (TPSA) is 94.9 Å². The number of fused-ring (bicyclic) bond motifs is 8. The lowest BCUT2D eigenvalue weighted by Crippen LogP contribution is -2.53. The molecule has 0 radical (unpaired) electrons. The monoisotopic (exact) mass is 671 g/mol. The highest BCUT2D eigenvalue weighted by Gasteiger charge is 2.58. The summed E-state index contributed by atoms with van der Waals surface area (Å²) < 4.78 is 57.3. The molecule has 3 aliphatic rings. The van der Waals surface area contributed by atoms with Crippen LogP contribution in [0.25, 0.3) is 0 Å². The number of carbonyl (C=O) groups excluding carboxylic acids is 1. The lowest BCUT2D eigenvalue weighted by molar-refractivity contribution is -0.0723. The van der Waals surface area contributed by atoms with Crippen LogP contribution in [-0.4, -0.2) is 53.5 Å². The van der Waals surface area contributed by atoms with Crippen LogP contribution in [0.2, 0.25) is 0 Å². The van der Waals surface area contributed by atoms with E-state index in [2.05, 4.69) is 6.08 Å². The molecule has 0 aliphatic heterocycles. The first-order chi connectivity index (χ1) is 21.8. The Labute approximate surface area is 274 Å². The van der Waals surface area contributed by atoms with E-state index >= 15 is 0 Å². The molecule has 10 heteroatoms. The van der Waals surface area contributed by atoms with Gasteiger partial charge < -0.3 is 10.2 Å². The van der Waals surface area contributed by atoms with Crippen molar-refractivity contribution < 1.29 is 32.2 Å². The third-order valence-corrected chi connectivity index (χ3v) is 13.3. The van der Waals surface area contributed by atoms with Gasteiger partial charge in [0.15, 0.2) is 17.4 Å². The van der Waals surface area contributed by atoms with E-state index in [9.17, 15) is 32.2 Å². The Balaban J connectivity index is 1.63. The number of ketones is 1. The quantitative estimate of drug-likeness (QED) is 0.192. The van der Waals surface area contributed by atoms with Gasteiger partial charge in [-0.05, 0) is 111 Å². The number of aliphatic hydroxyl groups is 2. The molecule has 3 aliphatic carbocycles. The standard InChI is InChI=1S/C36H43F2NO5S2/c1-4-18-39(46(43,44)33-8-6-19-45-33)23-36(42)17-15-30-28-13-10-25(20-27(40)12-9-24(2)7-5-16-35(30,36)3)21-29(28)34(41)26-11-14-31(37)32(38)22-26/h6-8,10-11,13-14,19,21-22,27,30,40,42H,4-5,9,12,15-18,20,23H2,1-3H3. The van der Waals surface area contributed by atoms with E-state index in [1.807, 2.05) is 32.9 Å². The molecule has 1 fully saturated rings. The first kappa shape index (κ1) is 34.6. The third kappa shape index (κ3) is 6.78. The average Bonchev–Trinajstić information content (AvgIpc) is 3.65. The fourth-order valence-electron chi connectivity index (χ4n) is 7.35. The van der Waals surface area contributed by atoms with Crippen LogP contribution in [0, 0.1) is 17.0 Å². The van der Waals surface area contributed by atoms with Gasteiger partial charge in [0.25, 0.3) is 10.0 Å². The summed E-state index contributed by atoms with van der Waals surface area (Å²) in [5.74, 6) is -2.98. The number of halogens is 2. The zero-order valence-corrected chi connectivity index (χ0v) is 28.3. The Morgan fingerprint density at radius 1 is 1.09 bits per heavy atom. The van der Waals surface area contributed by atoms with E-state index in [4.69, 9.17) is 0 Å². The fraction of sp³-hybridized carbons (Fsp3) is 0.472. The second-order valence-corrected chi connectivity index (χ2v) is 16.3. The van der Waals surface area contributed by atoms with Crippen LogP contribution in [0.4, 0.5) is 8.78 Å². The first-order valence-electron chi connectivity index (χ1n) is 16.0. The molecule has 2 aromatic carbocycles. The van der Waals surface area contributed by atoms with Gasteiger partial charge in [0, 0.05) is 29.6 Å². The molecule has 3 aromatic rings. The first-order valence-corrected chi connectivity index (χ1v) is 18.3. The Morgan fingerprint density at radius 3 is 2.57 bits per heavy atom. The van der Waals surface area contributed by atoms with E-state index in [1.165, 1.54) is 10.4 Å². The van der Waals surface area contributed by atoms with Crippen molar-refractivity contribution in [1.29, 1.82) is 0 Å². The minimum Gasteiger partial charge on any atom is -0.393 e. The van der Waals surface area contributed by atoms with Gasteiger partial charge in [0.05, 0.1) is 11.7 Å². The summed E-state index contributed by atoms with van der Waals surface area (Å²) in [7, 11) is -3.85. The van der Waals surface area contributed by atoms with Crippen LogP contribution in [0.15, 0.2) is 69.8 Å². The molecule has 0 spiro atoms. The van der Waals surface area contributed by atoms with Gasteiger partial charge in [-0.2, -0.15) is 4.31 Å². The summed E-state index contributed by atoms with van der Waals surface area (Å²) in [4.78, 5) is 14.1. The lowest BCUT2D eigenvalue weighted by Gasteiger charge is -2.46. The number of hydrogen-bond acceptors (Lipinski definition) is 6. The highest BCUT2D eigenvalue weighted by molar-refractivity contribution is 7.91. The van der Waals surface area contributed by atoms with Crippen molar-refractivity contribution in [2.45, 2.75) is 94.0 Å². The molecule has 1 heterocycles. The molecule has 0 saturated heterocycles. The molecule has 248 valence electrons. The van der Waals surface area contributed by atoms with E-state index in [-0.39, 0.29) is 28.8 Å². The summed E-state index contributed by atoms with van der Waals surface area (Å²) in [5.41, 5.74) is 0.593. The molecular weight excluding hydrogens is 629 g/mol. The van der Waals surface area contributed by atoms with E-state index in [0.29, 0.717) is 62.5 Å². The number of benzene rings is 2. The Kier molecular flexibility index (Phi) is 10.3. The number of aliphatic hydroxyl groups excluding tert-OH is 1. The largest absolute Gasteiger partial charge is 0.393 e. The number of rotatable bonds is 8. The van der Waals surface area contributed by atoms with Gasteiger partial charge in [0.2, 0.25) is 0 Å². The maximum Gasteiger partial charge on any atom is 0.252 e. The second kappa shape index (κ2) is 13.8. The maximum atomic E-state index is 14.3. The van der Waals surface area contributed by atoms with Gasteiger partial charge in [-0.1, -0.05) is 43.7 Å². The van der Waals surface area contributed by atoms with Gasteiger partial charge in [-0.15, -0.1) is 11.3 Å². The summed E-state index contributed by atoms with van der Waals surface area (Å²) in [6, 6.07) is 11.9. The molecule has 1 saturated carbocycles. The maximum absolute atomic E-state index is 14.3. The number of hydrogen-bond donors (Lipinski definition) is 2. The van der Waals surface area contributed by atoms with Crippen LogP contribution in [-0.2, 0) is 16.4 Å². The molecule has 0 amide bonds. The van der Waals surface area contributed by atoms with E-state index < -0.39 is 44.6 Å². The molecule has 6 rings (SSSR count). The van der Waals surface area contributed by atoms with E-state index in [0.717, 1.165) is 34.6 Å². The number of thiophene rings is 1. The van der Waals surface area contributed by atoms with Crippen molar-refractivity contribution in [3.63, 3.8) is 0 Å². The molecule has 6 nitrogen and oxygen atoms in total. The number of allylic oxidation sites excluding steroid dienone is 2. The summed E-state index contributed by atoms with van der Waals surface area (Å²) >= 11 is 1.15. The number of nitrogens with zero attached hydrogens (tertiary/aromatic N) is 1. The fourth-order valence-corrected chi connectivity index (χ4v) is 10.1. The summed E-state index contributed by atoms with van der Waals surface area (Å²) in [5, 5.41) is 25.2. The van der Waals surface area contributed by atoms with Crippen molar-refractivity contribution in [3.8, 4) is 0 Å². The van der Waals surface area contributed by atoms with Crippen LogP contribution in [0.1, 0.15) is 98.7 Å². The zero-order chi connectivity index (χ0) is 33.3. The minimum atomic E-state index is -3.85. The molecule has 1 aromatic heterocycles. The Bertz CT molecular complexity index is 1710. The van der Waals surface area contributed by atoms with Crippen LogP contribution >= 0.6 is 11.3 Å². The van der Waals surface area contributed by atoms with Gasteiger partial charge in [-0.3, -0.25) is 4.79 Å². The molecular formula is C36H43F2NO5S2. The van der Waals surface area contributed by atoms with Crippen molar-refractivity contribution in [3.05, 3.63) is 99.4 Å². The van der Waals surface area contributed by atoms with Crippen molar-refractivity contribution >= 4 is 27.1 Å². The smallest absolute Gasteiger partial charge is 0.252 e. The number of sulfonamides is 1. The van der Waals surface area contributed by atoms with Gasteiger partial charge in [-0.25, -0.2) is 17.2 Å². The van der Waals surface area contributed by atoms with Crippen LogP contribution in [0.3, 0.4) is 0 Å². The van der Waals surface area contributed by atoms with Crippen LogP contribution in [0.5, 0.6) is 0 Å². The number of carbonyl (C=O) groups is 1. The zero-order valence-electron chi connectivity index (χ0n) is 26.6. The molecule has 4 atom stereocenters. The lowest BCUT2D eigenvalue weighted by atomic mass is 9.64. The minimum absolute atomic E-state index is 0.00338. The second-order valence-electron chi connectivity index (χ2n) is 13.2. The Morgan fingerprint density at radius 2 is 1.87 bits per heavy atom. The molecule has 4 unspecified atom stereocenters. The third-order valence-electron chi connectivity index (χ3n) is 10.1. The SMILES string of the molecule is CCCN(CC1(O)CCC2c3ccc(cc3C(=O)c3ccc(F)c(F)c3)CC(O)CCC(C)=CCCC21C)S(=O)(=O)c1cccs1. The average molecular weight is 672 g/mol. The van der Waals surface area contributed by atoms with Crippen LogP contribution < -0.4 is 0 Å². The normalized spacial score (nSPS) is 25.7. The highest BCUT2D eigenvalue weighted by Crippen LogP contribution is 2.59. The van der Waals surface area contributed by atoms with Gasteiger partial charge >= 0.3 is 0 Å². The predicted octanol–water partition coefficient (Wildman–Crippen LogP) is 7.40. The predicted molar refractivity (Wildman–Crippen MR) is 177 cm³/mol. The van der Waals surface area contributed by atoms with Crippen molar-refractivity contribution in [2.75, 3.05) is 13.1 Å². The Hall–Kier alpha value is -2.76. The van der Waals surface area contributed by atoms with Gasteiger partial charge in [0.1, 0.15) is 4.21 Å². The highest BCUT2D eigenvalue weighted by atomic mass is 32.2. The van der Waals surface area contributed by atoms with Crippen molar-refractivity contribution in [1.82, 2.24) is 4.31 Å².